The number of anilines is 1. The van der Waals surface area contributed by atoms with Crippen LogP contribution in [-0.4, -0.2) is 23.1 Å². The maximum absolute atomic E-state index is 11.9. The van der Waals surface area contributed by atoms with Gasteiger partial charge in [-0.2, -0.15) is 0 Å². The van der Waals surface area contributed by atoms with Crippen LogP contribution in [0.15, 0.2) is 54.6 Å². The normalized spacial score (nSPS) is 10.3. The number of methoxy groups -OCH3 is 1. The van der Waals surface area contributed by atoms with Gasteiger partial charge in [-0.15, -0.1) is 0 Å². The number of ether oxygens (including phenoxy) is 1. The van der Waals surface area contributed by atoms with Gasteiger partial charge in [-0.25, -0.2) is 0 Å². The van der Waals surface area contributed by atoms with Gasteiger partial charge >= 0.3 is 0 Å². The van der Waals surface area contributed by atoms with Crippen LogP contribution in [0.2, 0.25) is 0 Å². The summed E-state index contributed by atoms with van der Waals surface area (Å²) in [5.41, 5.74) is 1.11. The number of nitro groups is 1. The maximum Gasteiger partial charge on any atom is 0.270 e. The number of hydrogen-bond acceptors (Lipinski definition) is 5. The SMILES string of the molecule is COc1ccccc1NC(=S)NC(=O)/C=C/c1cccc([N+](=O)[O-])c1. The molecule has 128 valence electrons. The van der Waals surface area contributed by atoms with Crippen molar-refractivity contribution in [1.82, 2.24) is 5.32 Å². The third kappa shape index (κ3) is 5.40. The summed E-state index contributed by atoms with van der Waals surface area (Å²) in [5.74, 6) is 0.130. The minimum atomic E-state index is -0.496. The summed E-state index contributed by atoms with van der Waals surface area (Å²) in [6.45, 7) is 0. The standard InChI is InChI=1S/C17H15N3O4S/c1-24-15-8-3-2-7-14(15)18-17(25)19-16(21)10-9-12-5-4-6-13(11-12)20(22)23/h2-11H,1H3,(H2,18,19,21,25)/b10-9+. The molecule has 0 aromatic heterocycles. The second kappa shape index (κ2) is 8.55. The Labute approximate surface area is 149 Å². The Morgan fingerprint density at radius 1 is 1.24 bits per heavy atom. The molecule has 0 unspecified atom stereocenters. The van der Waals surface area contributed by atoms with E-state index in [4.69, 9.17) is 17.0 Å². The molecule has 0 bridgehead atoms. The van der Waals surface area contributed by atoms with E-state index in [0.29, 0.717) is 17.0 Å². The van der Waals surface area contributed by atoms with E-state index in [1.165, 1.54) is 31.4 Å². The fourth-order valence-corrected chi connectivity index (χ4v) is 2.18. The highest BCUT2D eigenvalue weighted by Gasteiger charge is 2.07. The Morgan fingerprint density at radius 2 is 2.00 bits per heavy atom. The number of rotatable bonds is 5. The van der Waals surface area contributed by atoms with E-state index < -0.39 is 10.8 Å². The van der Waals surface area contributed by atoms with Crippen molar-refractivity contribution < 1.29 is 14.5 Å². The molecule has 0 aliphatic rings. The number of nitro benzene ring substituents is 1. The summed E-state index contributed by atoms with van der Waals surface area (Å²) in [5, 5.41) is 16.2. The maximum atomic E-state index is 11.9. The van der Waals surface area contributed by atoms with Gasteiger partial charge in [0, 0.05) is 18.2 Å². The molecule has 2 aromatic rings. The zero-order chi connectivity index (χ0) is 18.2. The van der Waals surface area contributed by atoms with E-state index in [9.17, 15) is 14.9 Å². The second-order valence-corrected chi connectivity index (χ2v) is 5.24. The molecule has 2 aromatic carbocycles. The van der Waals surface area contributed by atoms with Crippen molar-refractivity contribution in [3.63, 3.8) is 0 Å². The number of nitrogens with zero attached hydrogens (tertiary/aromatic N) is 1. The van der Waals surface area contributed by atoms with Crippen LogP contribution in [0.5, 0.6) is 5.75 Å². The number of benzene rings is 2. The summed E-state index contributed by atoms with van der Waals surface area (Å²) in [6.07, 6.45) is 2.71. The molecule has 0 atom stereocenters. The Hall–Kier alpha value is -3.26. The van der Waals surface area contributed by atoms with Crippen molar-refractivity contribution in [3.05, 3.63) is 70.3 Å². The number of amides is 1. The molecule has 0 saturated carbocycles. The predicted octanol–water partition coefficient (Wildman–Crippen LogP) is 3.13. The van der Waals surface area contributed by atoms with Crippen LogP contribution < -0.4 is 15.4 Å². The molecule has 2 N–H and O–H groups in total. The third-order valence-corrected chi connectivity index (χ3v) is 3.30. The van der Waals surface area contributed by atoms with Crippen LogP contribution in [0.25, 0.3) is 6.08 Å². The smallest absolute Gasteiger partial charge is 0.270 e. The molecule has 0 aliphatic heterocycles. The highest BCUT2D eigenvalue weighted by molar-refractivity contribution is 7.80. The van der Waals surface area contributed by atoms with Crippen LogP contribution in [0.4, 0.5) is 11.4 Å². The number of carbonyl (C=O) groups is 1. The molecule has 25 heavy (non-hydrogen) atoms. The van der Waals surface area contributed by atoms with Gasteiger partial charge in [0.1, 0.15) is 5.75 Å². The van der Waals surface area contributed by atoms with Crippen molar-refractivity contribution in [2.45, 2.75) is 0 Å². The largest absolute Gasteiger partial charge is 0.495 e. The lowest BCUT2D eigenvalue weighted by molar-refractivity contribution is -0.384. The summed E-state index contributed by atoms with van der Waals surface area (Å²) < 4.78 is 5.18. The van der Waals surface area contributed by atoms with Gasteiger partial charge in [-0.3, -0.25) is 20.2 Å². The molecule has 7 nitrogen and oxygen atoms in total. The van der Waals surface area contributed by atoms with Crippen LogP contribution in [0.3, 0.4) is 0 Å². The van der Waals surface area contributed by atoms with Crippen molar-refractivity contribution in [2.75, 3.05) is 12.4 Å². The van der Waals surface area contributed by atoms with E-state index in [1.54, 1.807) is 30.3 Å². The number of nitrogens with one attached hydrogen (secondary N) is 2. The van der Waals surface area contributed by atoms with Crippen molar-refractivity contribution in [2.24, 2.45) is 0 Å². The highest BCUT2D eigenvalue weighted by Crippen LogP contribution is 2.22. The minimum Gasteiger partial charge on any atom is -0.495 e. The molecule has 0 radical (unpaired) electrons. The molecule has 0 heterocycles. The first kappa shape index (κ1) is 18.1. The average Bonchev–Trinajstić information content (AvgIpc) is 2.60. The molecule has 0 spiro atoms. The van der Waals surface area contributed by atoms with Crippen LogP contribution in [-0.2, 0) is 4.79 Å². The topological polar surface area (TPSA) is 93.5 Å². The number of para-hydroxylation sites is 2. The Balaban J connectivity index is 1.96. The molecule has 2 rings (SSSR count). The Kier molecular flexibility index (Phi) is 6.19. The van der Waals surface area contributed by atoms with Gasteiger partial charge in [-0.05, 0) is 36.0 Å². The van der Waals surface area contributed by atoms with Crippen LogP contribution in [0.1, 0.15) is 5.56 Å². The van der Waals surface area contributed by atoms with Gasteiger partial charge in [-0.1, -0.05) is 24.3 Å². The molecule has 0 saturated heterocycles. The summed E-state index contributed by atoms with van der Waals surface area (Å²) in [4.78, 5) is 22.1. The van der Waals surface area contributed by atoms with Crippen molar-refractivity contribution in [1.29, 1.82) is 0 Å². The van der Waals surface area contributed by atoms with E-state index in [1.807, 2.05) is 6.07 Å². The van der Waals surface area contributed by atoms with Crippen LogP contribution >= 0.6 is 12.2 Å². The Bertz CT molecular complexity index is 836. The average molecular weight is 357 g/mol. The van der Waals surface area contributed by atoms with Crippen molar-refractivity contribution in [3.8, 4) is 5.75 Å². The number of hydrogen-bond donors (Lipinski definition) is 2. The van der Waals surface area contributed by atoms with Crippen LogP contribution in [0, 0.1) is 10.1 Å². The zero-order valence-electron chi connectivity index (χ0n) is 13.3. The lowest BCUT2D eigenvalue weighted by Gasteiger charge is -2.11. The van der Waals surface area contributed by atoms with E-state index in [2.05, 4.69) is 10.6 Å². The highest BCUT2D eigenvalue weighted by atomic mass is 32.1. The van der Waals surface area contributed by atoms with Crippen molar-refractivity contribution >= 4 is 40.7 Å². The molecule has 0 fully saturated rings. The molecule has 1 amide bonds. The van der Waals surface area contributed by atoms with E-state index >= 15 is 0 Å². The molecular weight excluding hydrogens is 342 g/mol. The minimum absolute atomic E-state index is 0.0454. The van der Waals surface area contributed by atoms with Gasteiger partial charge in [0.2, 0.25) is 5.91 Å². The third-order valence-electron chi connectivity index (χ3n) is 3.10. The second-order valence-electron chi connectivity index (χ2n) is 4.83. The van der Waals surface area contributed by atoms with Gasteiger partial charge < -0.3 is 10.1 Å². The summed E-state index contributed by atoms with van der Waals surface area (Å²) in [6, 6.07) is 13.1. The fraction of sp³-hybridized carbons (Fsp3) is 0.0588. The Morgan fingerprint density at radius 3 is 2.72 bits per heavy atom. The quantitative estimate of drug-likeness (QED) is 0.370. The number of carbonyl (C=O) groups excluding carboxylic acids is 1. The molecule has 0 aliphatic carbocycles. The lowest BCUT2D eigenvalue weighted by atomic mass is 10.2. The van der Waals surface area contributed by atoms with Gasteiger partial charge in [0.05, 0.1) is 17.7 Å². The monoisotopic (exact) mass is 357 g/mol. The molecule has 8 heteroatoms. The first-order valence-electron chi connectivity index (χ1n) is 7.17. The van der Waals surface area contributed by atoms with Gasteiger partial charge in [0.15, 0.2) is 5.11 Å². The first-order valence-corrected chi connectivity index (χ1v) is 7.58. The molecular formula is C17H15N3O4S. The predicted molar refractivity (Wildman–Crippen MR) is 99.5 cm³/mol. The zero-order valence-corrected chi connectivity index (χ0v) is 14.1. The summed E-state index contributed by atoms with van der Waals surface area (Å²) >= 11 is 5.08. The van der Waals surface area contributed by atoms with Gasteiger partial charge in [0.25, 0.3) is 5.69 Å². The van der Waals surface area contributed by atoms with E-state index in [-0.39, 0.29) is 10.8 Å². The lowest BCUT2D eigenvalue weighted by Crippen LogP contribution is -2.32. The first-order chi connectivity index (χ1) is 12.0. The fourth-order valence-electron chi connectivity index (χ4n) is 1.97. The summed E-state index contributed by atoms with van der Waals surface area (Å²) in [7, 11) is 1.53. The number of non-ortho nitro benzene ring substituents is 1. The van der Waals surface area contributed by atoms with E-state index in [0.717, 1.165) is 0 Å². The number of thiocarbonyl (C=S) groups is 1.